The molecule has 0 saturated heterocycles. The fraction of sp³-hybridized carbons (Fsp3) is 0.538. The molecule has 0 spiro atoms. The van der Waals surface area contributed by atoms with Crippen molar-refractivity contribution in [1.29, 1.82) is 0 Å². The molecule has 7 heteroatoms. The van der Waals surface area contributed by atoms with E-state index in [1.54, 1.807) is 0 Å². The van der Waals surface area contributed by atoms with E-state index >= 15 is 0 Å². The number of nitrogens with two attached hydrogens (primary N) is 1. The lowest BCUT2D eigenvalue weighted by molar-refractivity contribution is 0.0947. The Hall–Kier alpha value is -1.73. The molecule has 20 heavy (non-hydrogen) atoms. The smallest absolute Gasteiger partial charge is 0.254 e. The zero-order valence-corrected chi connectivity index (χ0v) is 12.1. The standard InChI is InChI=1S/C13H22FN5O/c1-9(2)19(3)8-4-6-17-13(20)10-5-7-16-12(18-15)11(10)14/h5,7,9H,4,6,8,15H2,1-3H3,(H,16,18)(H,17,20). The summed E-state index contributed by atoms with van der Waals surface area (Å²) in [6, 6.07) is 1.78. The topological polar surface area (TPSA) is 83.3 Å². The van der Waals surface area contributed by atoms with Gasteiger partial charge in [-0.1, -0.05) is 0 Å². The van der Waals surface area contributed by atoms with Crippen LogP contribution in [-0.4, -0.2) is 42.0 Å². The van der Waals surface area contributed by atoms with Gasteiger partial charge in [0.25, 0.3) is 5.91 Å². The number of amides is 1. The Morgan fingerprint density at radius 1 is 1.55 bits per heavy atom. The normalized spacial score (nSPS) is 10.9. The van der Waals surface area contributed by atoms with E-state index in [0.29, 0.717) is 12.6 Å². The lowest BCUT2D eigenvalue weighted by atomic mass is 10.2. The van der Waals surface area contributed by atoms with Crippen molar-refractivity contribution in [3.05, 3.63) is 23.6 Å². The molecule has 0 aliphatic carbocycles. The molecule has 112 valence electrons. The first kappa shape index (κ1) is 16.3. The number of anilines is 1. The first-order valence-corrected chi connectivity index (χ1v) is 6.57. The second-order valence-corrected chi connectivity index (χ2v) is 4.85. The maximum absolute atomic E-state index is 13.8. The molecule has 0 aliphatic heterocycles. The van der Waals surface area contributed by atoms with Gasteiger partial charge in [0, 0.05) is 18.8 Å². The highest BCUT2D eigenvalue weighted by molar-refractivity contribution is 5.95. The third kappa shape index (κ3) is 4.43. The first-order valence-electron chi connectivity index (χ1n) is 6.57. The minimum absolute atomic E-state index is 0.0647. The van der Waals surface area contributed by atoms with E-state index in [9.17, 15) is 9.18 Å². The summed E-state index contributed by atoms with van der Waals surface area (Å²) >= 11 is 0. The van der Waals surface area contributed by atoms with Gasteiger partial charge in [0.15, 0.2) is 11.6 Å². The van der Waals surface area contributed by atoms with E-state index in [-0.39, 0.29) is 11.4 Å². The summed E-state index contributed by atoms with van der Waals surface area (Å²) in [5, 5.41) is 2.68. The summed E-state index contributed by atoms with van der Waals surface area (Å²) in [6.07, 6.45) is 2.13. The lowest BCUT2D eigenvalue weighted by Gasteiger charge is -2.20. The summed E-state index contributed by atoms with van der Waals surface area (Å²) in [6.45, 7) is 5.56. The molecule has 1 aromatic heterocycles. The Bertz CT molecular complexity index is 452. The van der Waals surface area contributed by atoms with Crippen LogP contribution in [0, 0.1) is 5.82 Å². The number of rotatable bonds is 7. The summed E-state index contributed by atoms with van der Waals surface area (Å²) in [4.78, 5) is 17.7. The predicted molar refractivity (Wildman–Crippen MR) is 76.7 cm³/mol. The number of hydrogen-bond donors (Lipinski definition) is 3. The molecule has 0 aliphatic rings. The van der Waals surface area contributed by atoms with Gasteiger partial charge >= 0.3 is 0 Å². The minimum atomic E-state index is -0.744. The number of halogens is 1. The van der Waals surface area contributed by atoms with E-state index < -0.39 is 11.7 Å². The van der Waals surface area contributed by atoms with Crippen molar-refractivity contribution in [2.24, 2.45) is 5.84 Å². The number of pyridine rings is 1. The number of hydrogen-bond acceptors (Lipinski definition) is 5. The van der Waals surface area contributed by atoms with E-state index in [0.717, 1.165) is 13.0 Å². The van der Waals surface area contributed by atoms with Gasteiger partial charge < -0.3 is 15.6 Å². The first-order chi connectivity index (χ1) is 9.47. The Labute approximate surface area is 118 Å². The summed E-state index contributed by atoms with van der Waals surface area (Å²) < 4.78 is 13.8. The fourth-order valence-corrected chi connectivity index (χ4v) is 1.60. The van der Waals surface area contributed by atoms with Gasteiger partial charge in [-0.25, -0.2) is 15.2 Å². The molecule has 0 radical (unpaired) electrons. The van der Waals surface area contributed by atoms with Gasteiger partial charge in [0.2, 0.25) is 0 Å². The van der Waals surface area contributed by atoms with E-state index in [1.165, 1.54) is 12.3 Å². The quantitative estimate of drug-likeness (QED) is 0.394. The SMILES string of the molecule is CC(C)N(C)CCCNC(=O)c1ccnc(NN)c1F. The van der Waals surface area contributed by atoms with Crippen LogP contribution in [0.25, 0.3) is 0 Å². The second-order valence-electron chi connectivity index (χ2n) is 4.85. The van der Waals surface area contributed by atoms with Crippen molar-refractivity contribution in [3.8, 4) is 0 Å². The maximum Gasteiger partial charge on any atom is 0.254 e. The minimum Gasteiger partial charge on any atom is -0.352 e. The Balaban J connectivity index is 2.48. The molecule has 0 fully saturated rings. The number of nitrogens with zero attached hydrogens (tertiary/aromatic N) is 2. The number of nitrogen functional groups attached to an aromatic ring is 1. The zero-order chi connectivity index (χ0) is 15.1. The Morgan fingerprint density at radius 2 is 2.25 bits per heavy atom. The van der Waals surface area contributed by atoms with Crippen LogP contribution in [0.2, 0.25) is 0 Å². The molecule has 0 atom stereocenters. The molecule has 1 aromatic rings. The van der Waals surface area contributed by atoms with Crippen molar-refractivity contribution in [3.63, 3.8) is 0 Å². The molecule has 6 nitrogen and oxygen atoms in total. The van der Waals surface area contributed by atoms with Gasteiger partial charge in [-0.3, -0.25) is 4.79 Å². The van der Waals surface area contributed by atoms with E-state index in [4.69, 9.17) is 5.84 Å². The van der Waals surface area contributed by atoms with Crippen LogP contribution in [-0.2, 0) is 0 Å². The molecular formula is C13H22FN5O. The van der Waals surface area contributed by atoms with Crippen LogP contribution in [0.4, 0.5) is 10.2 Å². The Kier molecular flexibility index (Phi) is 6.33. The number of carbonyl (C=O) groups is 1. The van der Waals surface area contributed by atoms with Crippen LogP contribution in [0.5, 0.6) is 0 Å². The molecule has 0 aromatic carbocycles. The van der Waals surface area contributed by atoms with Crippen LogP contribution in [0.3, 0.4) is 0 Å². The number of hydrazine groups is 1. The van der Waals surface area contributed by atoms with Crippen molar-refractivity contribution in [1.82, 2.24) is 15.2 Å². The van der Waals surface area contributed by atoms with Crippen LogP contribution >= 0.6 is 0 Å². The number of nitrogens with one attached hydrogen (secondary N) is 2. The van der Waals surface area contributed by atoms with E-state index in [1.807, 2.05) is 7.05 Å². The lowest BCUT2D eigenvalue weighted by Crippen LogP contribution is -2.31. The molecule has 4 N–H and O–H groups in total. The van der Waals surface area contributed by atoms with Crippen LogP contribution in [0.1, 0.15) is 30.6 Å². The third-order valence-corrected chi connectivity index (χ3v) is 3.13. The zero-order valence-electron chi connectivity index (χ0n) is 12.1. The number of carbonyl (C=O) groups excluding carboxylic acids is 1. The predicted octanol–water partition coefficient (Wildman–Crippen LogP) is 0.966. The molecule has 0 saturated carbocycles. The van der Waals surface area contributed by atoms with Crippen LogP contribution in [0.15, 0.2) is 12.3 Å². The second kappa shape index (κ2) is 7.76. The van der Waals surface area contributed by atoms with Gasteiger partial charge in [-0.2, -0.15) is 0 Å². The molecule has 1 rings (SSSR count). The number of aromatic nitrogens is 1. The summed E-state index contributed by atoms with van der Waals surface area (Å²) in [7, 11) is 2.02. The molecular weight excluding hydrogens is 261 g/mol. The largest absolute Gasteiger partial charge is 0.352 e. The summed E-state index contributed by atoms with van der Waals surface area (Å²) in [5.41, 5.74) is 2.05. The monoisotopic (exact) mass is 283 g/mol. The van der Waals surface area contributed by atoms with Gasteiger partial charge in [0.1, 0.15) is 0 Å². The molecule has 1 amide bonds. The van der Waals surface area contributed by atoms with Crippen molar-refractivity contribution in [2.75, 3.05) is 25.6 Å². The van der Waals surface area contributed by atoms with Gasteiger partial charge in [-0.05, 0) is 39.9 Å². The highest BCUT2D eigenvalue weighted by Gasteiger charge is 2.15. The average Bonchev–Trinajstić information content (AvgIpc) is 2.43. The van der Waals surface area contributed by atoms with Crippen molar-refractivity contribution < 1.29 is 9.18 Å². The van der Waals surface area contributed by atoms with Crippen molar-refractivity contribution in [2.45, 2.75) is 26.3 Å². The highest BCUT2D eigenvalue weighted by Crippen LogP contribution is 2.13. The fourth-order valence-electron chi connectivity index (χ4n) is 1.60. The van der Waals surface area contributed by atoms with Crippen molar-refractivity contribution >= 4 is 11.7 Å². The highest BCUT2D eigenvalue weighted by atomic mass is 19.1. The molecule has 0 bridgehead atoms. The van der Waals surface area contributed by atoms with Gasteiger partial charge in [-0.15, -0.1) is 0 Å². The van der Waals surface area contributed by atoms with E-state index in [2.05, 4.69) is 34.5 Å². The van der Waals surface area contributed by atoms with Crippen LogP contribution < -0.4 is 16.6 Å². The van der Waals surface area contributed by atoms with Gasteiger partial charge in [0.05, 0.1) is 5.56 Å². The average molecular weight is 283 g/mol. The summed E-state index contributed by atoms with van der Waals surface area (Å²) in [5.74, 6) is 3.76. The Morgan fingerprint density at radius 3 is 2.85 bits per heavy atom. The molecule has 0 unspecified atom stereocenters. The third-order valence-electron chi connectivity index (χ3n) is 3.13. The maximum atomic E-state index is 13.8. The molecule has 1 heterocycles.